The maximum Gasteiger partial charge on any atom is 0.241 e. The first-order chi connectivity index (χ1) is 12.6. The first-order valence-electron chi connectivity index (χ1n) is 9.94. The second kappa shape index (κ2) is 7.03. The molecule has 5 heteroatoms. The number of likely N-dealkylation sites (N-methyl/N-ethyl adjacent to an activating group) is 1. The number of anilines is 1. The predicted molar refractivity (Wildman–Crippen MR) is 102 cm³/mol. The van der Waals surface area contributed by atoms with E-state index in [1.54, 1.807) is 0 Å². The first-order valence-corrected chi connectivity index (χ1v) is 9.94. The molecule has 0 radical (unpaired) electrons. The Morgan fingerprint density at radius 2 is 1.81 bits per heavy atom. The van der Waals surface area contributed by atoms with Gasteiger partial charge in [-0.05, 0) is 38.4 Å². The van der Waals surface area contributed by atoms with E-state index in [1.807, 2.05) is 42.3 Å². The molecule has 1 aliphatic carbocycles. The van der Waals surface area contributed by atoms with Crippen LogP contribution in [0.3, 0.4) is 0 Å². The van der Waals surface area contributed by atoms with Crippen molar-refractivity contribution in [2.75, 3.05) is 38.1 Å². The quantitative estimate of drug-likeness (QED) is 0.819. The molecule has 0 N–H and O–H groups in total. The van der Waals surface area contributed by atoms with Crippen LogP contribution < -0.4 is 4.90 Å². The van der Waals surface area contributed by atoms with Crippen molar-refractivity contribution in [2.24, 2.45) is 5.92 Å². The molecule has 1 spiro atoms. The smallest absolute Gasteiger partial charge is 0.241 e. The van der Waals surface area contributed by atoms with Gasteiger partial charge < -0.3 is 9.80 Å². The number of hydrogen-bond acceptors (Lipinski definition) is 3. The predicted octanol–water partition coefficient (Wildman–Crippen LogP) is 2.52. The van der Waals surface area contributed by atoms with Crippen molar-refractivity contribution in [3.8, 4) is 0 Å². The molecule has 2 aliphatic heterocycles. The molecule has 2 amide bonds. The Kier molecular flexibility index (Phi) is 4.74. The van der Waals surface area contributed by atoms with Gasteiger partial charge in [-0.25, -0.2) is 0 Å². The van der Waals surface area contributed by atoms with Gasteiger partial charge in [0.1, 0.15) is 0 Å². The van der Waals surface area contributed by atoms with Gasteiger partial charge in [-0.3, -0.25) is 14.5 Å². The number of hydrogen-bond donors (Lipinski definition) is 0. The Bertz CT molecular complexity index is 671. The lowest BCUT2D eigenvalue weighted by molar-refractivity contribution is -0.136. The highest BCUT2D eigenvalue weighted by atomic mass is 16.2. The molecule has 5 nitrogen and oxygen atoms in total. The van der Waals surface area contributed by atoms with E-state index in [9.17, 15) is 9.59 Å². The standard InChI is InChI=1S/C21H29N3O2/c1-22-14-19(25)24(18-10-6-3-7-11-18)16-21(22)12-13-23(15-21)20(26)17-8-4-2-5-9-17/h3,6-7,10-11,17H,2,4-5,8-9,12-16H2,1H3/t21-/m0/s1. The third-order valence-corrected chi connectivity index (χ3v) is 6.60. The Balaban J connectivity index is 1.50. The molecule has 1 aromatic rings. The number of carbonyl (C=O) groups is 2. The van der Waals surface area contributed by atoms with Crippen LogP contribution >= 0.6 is 0 Å². The first kappa shape index (κ1) is 17.5. The second-order valence-electron chi connectivity index (χ2n) is 8.24. The highest BCUT2D eigenvalue weighted by Gasteiger charge is 2.49. The summed E-state index contributed by atoms with van der Waals surface area (Å²) in [7, 11) is 2.04. The van der Waals surface area contributed by atoms with Crippen molar-refractivity contribution in [2.45, 2.75) is 44.1 Å². The van der Waals surface area contributed by atoms with Crippen LogP contribution in [0.4, 0.5) is 5.69 Å². The zero-order valence-electron chi connectivity index (χ0n) is 15.7. The molecule has 2 heterocycles. The lowest BCUT2D eigenvalue weighted by Gasteiger charge is -2.46. The molecule has 1 aromatic carbocycles. The average molecular weight is 355 g/mol. The third-order valence-electron chi connectivity index (χ3n) is 6.60. The van der Waals surface area contributed by atoms with Gasteiger partial charge in [0.2, 0.25) is 11.8 Å². The fourth-order valence-electron chi connectivity index (χ4n) is 4.90. The zero-order valence-corrected chi connectivity index (χ0v) is 15.7. The van der Waals surface area contributed by atoms with E-state index >= 15 is 0 Å². The number of benzene rings is 1. The average Bonchev–Trinajstić information content (AvgIpc) is 3.11. The molecule has 2 saturated heterocycles. The molecule has 1 saturated carbocycles. The Morgan fingerprint density at radius 3 is 2.54 bits per heavy atom. The van der Waals surface area contributed by atoms with Gasteiger partial charge >= 0.3 is 0 Å². The van der Waals surface area contributed by atoms with Crippen LogP contribution in [0.5, 0.6) is 0 Å². The summed E-state index contributed by atoms with van der Waals surface area (Å²) in [4.78, 5) is 31.8. The van der Waals surface area contributed by atoms with Gasteiger partial charge in [0.15, 0.2) is 0 Å². The zero-order chi connectivity index (χ0) is 18.1. The summed E-state index contributed by atoms with van der Waals surface area (Å²) in [5.41, 5.74) is 0.843. The summed E-state index contributed by atoms with van der Waals surface area (Å²) in [6, 6.07) is 9.91. The normalized spacial score (nSPS) is 28.1. The summed E-state index contributed by atoms with van der Waals surface area (Å²) in [6.45, 7) is 2.65. The van der Waals surface area contributed by atoms with Crippen LogP contribution in [0.15, 0.2) is 30.3 Å². The van der Waals surface area contributed by atoms with Crippen LogP contribution in [-0.2, 0) is 9.59 Å². The largest absolute Gasteiger partial charge is 0.340 e. The highest BCUT2D eigenvalue weighted by molar-refractivity contribution is 5.96. The van der Waals surface area contributed by atoms with E-state index < -0.39 is 0 Å². The molecule has 0 unspecified atom stereocenters. The molecule has 140 valence electrons. The van der Waals surface area contributed by atoms with Crippen molar-refractivity contribution in [1.82, 2.24) is 9.80 Å². The van der Waals surface area contributed by atoms with Gasteiger partial charge in [0.05, 0.1) is 12.1 Å². The Hall–Kier alpha value is -1.88. The number of likely N-dealkylation sites (tertiary alicyclic amines) is 1. The number of amides is 2. The summed E-state index contributed by atoms with van der Waals surface area (Å²) < 4.78 is 0. The van der Waals surface area contributed by atoms with Crippen LogP contribution in [0.2, 0.25) is 0 Å². The molecular formula is C21H29N3O2. The molecule has 4 rings (SSSR count). The highest BCUT2D eigenvalue weighted by Crippen LogP contribution is 2.35. The van der Waals surface area contributed by atoms with Crippen molar-refractivity contribution in [3.05, 3.63) is 30.3 Å². The SMILES string of the molecule is CN1CC(=O)N(c2ccccc2)C[C@@]12CCN(C(=O)C1CCCCC1)C2. The van der Waals surface area contributed by atoms with Crippen molar-refractivity contribution >= 4 is 17.5 Å². The molecule has 1 atom stereocenters. The minimum absolute atomic E-state index is 0.117. The molecule has 26 heavy (non-hydrogen) atoms. The minimum Gasteiger partial charge on any atom is -0.340 e. The van der Waals surface area contributed by atoms with Gasteiger partial charge in [0, 0.05) is 31.2 Å². The molecule has 3 aliphatic rings. The molecule has 3 fully saturated rings. The van der Waals surface area contributed by atoms with Gasteiger partial charge in [-0.2, -0.15) is 0 Å². The van der Waals surface area contributed by atoms with Crippen molar-refractivity contribution < 1.29 is 9.59 Å². The fourth-order valence-corrected chi connectivity index (χ4v) is 4.90. The monoisotopic (exact) mass is 355 g/mol. The lowest BCUT2D eigenvalue weighted by Crippen LogP contribution is -2.64. The van der Waals surface area contributed by atoms with E-state index in [-0.39, 0.29) is 17.4 Å². The summed E-state index contributed by atoms with van der Waals surface area (Å²) in [6.07, 6.45) is 6.68. The van der Waals surface area contributed by atoms with Crippen molar-refractivity contribution in [3.63, 3.8) is 0 Å². The van der Waals surface area contributed by atoms with E-state index in [4.69, 9.17) is 0 Å². The Labute approximate surface area is 155 Å². The summed E-state index contributed by atoms with van der Waals surface area (Å²) >= 11 is 0. The van der Waals surface area contributed by atoms with Gasteiger partial charge in [-0.15, -0.1) is 0 Å². The number of carbonyl (C=O) groups excluding carboxylic acids is 2. The minimum atomic E-state index is -0.117. The van der Waals surface area contributed by atoms with Crippen LogP contribution in [0.25, 0.3) is 0 Å². The molecule has 0 aromatic heterocycles. The second-order valence-corrected chi connectivity index (χ2v) is 8.24. The van der Waals surface area contributed by atoms with Crippen LogP contribution in [0, 0.1) is 5.92 Å². The molecular weight excluding hydrogens is 326 g/mol. The molecule has 0 bridgehead atoms. The van der Waals surface area contributed by atoms with E-state index in [0.29, 0.717) is 19.0 Å². The van der Waals surface area contributed by atoms with Gasteiger partial charge in [0.25, 0.3) is 0 Å². The van der Waals surface area contributed by atoms with Gasteiger partial charge in [-0.1, -0.05) is 37.5 Å². The topological polar surface area (TPSA) is 43.9 Å². The number of nitrogens with zero attached hydrogens (tertiary/aromatic N) is 3. The lowest BCUT2D eigenvalue weighted by atomic mass is 9.88. The third kappa shape index (κ3) is 3.13. The van der Waals surface area contributed by atoms with Crippen LogP contribution in [0.1, 0.15) is 38.5 Å². The number of para-hydroxylation sites is 1. The van der Waals surface area contributed by atoms with E-state index in [0.717, 1.165) is 38.0 Å². The number of piperazine rings is 1. The van der Waals surface area contributed by atoms with Crippen LogP contribution in [-0.4, -0.2) is 60.4 Å². The van der Waals surface area contributed by atoms with E-state index in [2.05, 4.69) is 9.80 Å². The maximum atomic E-state index is 13.0. The van der Waals surface area contributed by atoms with Crippen molar-refractivity contribution in [1.29, 1.82) is 0 Å². The summed E-state index contributed by atoms with van der Waals surface area (Å²) in [5, 5.41) is 0. The summed E-state index contributed by atoms with van der Waals surface area (Å²) in [5.74, 6) is 0.708. The maximum absolute atomic E-state index is 13.0. The Morgan fingerprint density at radius 1 is 1.08 bits per heavy atom. The fraction of sp³-hybridized carbons (Fsp3) is 0.619. The number of rotatable bonds is 2. The van der Waals surface area contributed by atoms with E-state index in [1.165, 1.54) is 19.3 Å².